The van der Waals surface area contributed by atoms with Crippen LogP contribution in [0, 0.1) is 12.8 Å². The van der Waals surface area contributed by atoms with Crippen LogP contribution in [0.4, 0.5) is 0 Å². The van der Waals surface area contributed by atoms with Crippen molar-refractivity contribution < 1.29 is 0 Å². The molecule has 0 bridgehead atoms. The van der Waals surface area contributed by atoms with Gasteiger partial charge in [-0.2, -0.15) is 0 Å². The van der Waals surface area contributed by atoms with Gasteiger partial charge in [0.05, 0.1) is 0 Å². The lowest BCUT2D eigenvalue weighted by molar-refractivity contribution is 0.264. The van der Waals surface area contributed by atoms with Gasteiger partial charge in [0.25, 0.3) is 0 Å². The van der Waals surface area contributed by atoms with Gasteiger partial charge in [-0.15, -0.1) is 0 Å². The summed E-state index contributed by atoms with van der Waals surface area (Å²) in [5, 5.41) is 0. The maximum absolute atomic E-state index is 6.63. The summed E-state index contributed by atoms with van der Waals surface area (Å²) in [5.41, 5.74) is 9.06. The largest absolute Gasteiger partial charge is 0.321 e. The van der Waals surface area contributed by atoms with Crippen LogP contribution < -0.4 is 5.73 Å². The maximum Gasteiger partial charge on any atom is 0.0435 e. The fourth-order valence-corrected chi connectivity index (χ4v) is 2.32. The molecule has 0 aliphatic heterocycles. The van der Waals surface area contributed by atoms with Crippen molar-refractivity contribution in [3.8, 4) is 0 Å². The zero-order valence-electron chi connectivity index (χ0n) is 11.1. The van der Waals surface area contributed by atoms with E-state index in [0.717, 1.165) is 19.3 Å². The van der Waals surface area contributed by atoms with Crippen LogP contribution >= 0.6 is 0 Å². The Morgan fingerprint density at radius 2 is 1.75 bits per heavy atom. The van der Waals surface area contributed by atoms with Gasteiger partial charge in [-0.05, 0) is 24.8 Å². The van der Waals surface area contributed by atoms with Crippen LogP contribution in [0.25, 0.3) is 0 Å². The van der Waals surface area contributed by atoms with Crippen LogP contribution in [0.2, 0.25) is 0 Å². The van der Waals surface area contributed by atoms with Crippen LogP contribution in [0.15, 0.2) is 24.3 Å². The Bertz CT molecular complexity index is 315. The first-order valence-electron chi connectivity index (χ1n) is 6.40. The van der Waals surface area contributed by atoms with Gasteiger partial charge in [-0.25, -0.2) is 0 Å². The third kappa shape index (κ3) is 2.65. The minimum absolute atomic E-state index is 0.156. The van der Waals surface area contributed by atoms with Crippen molar-refractivity contribution in [1.82, 2.24) is 0 Å². The Morgan fingerprint density at radius 1 is 1.19 bits per heavy atom. The third-order valence-corrected chi connectivity index (χ3v) is 3.74. The summed E-state index contributed by atoms with van der Waals surface area (Å²) >= 11 is 0. The molecule has 2 atom stereocenters. The van der Waals surface area contributed by atoms with Crippen molar-refractivity contribution >= 4 is 0 Å². The minimum atomic E-state index is -0.156. The van der Waals surface area contributed by atoms with E-state index >= 15 is 0 Å². The molecule has 2 N–H and O–H groups in total. The van der Waals surface area contributed by atoms with Crippen LogP contribution in [0.1, 0.15) is 51.2 Å². The lowest BCUT2D eigenvalue weighted by Gasteiger charge is -2.36. The van der Waals surface area contributed by atoms with E-state index in [-0.39, 0.29) is 5.54 Å². The summed E-state index contributed by atoms with van der Waals surface area (Å²) in [7, 11) is 0. The first-order chi connectivity index (χ1) is 7.54. The van der Waals surface area contributed by atoms with E-state index in [2.05, 4.69) is 52.0 Å². The average Bonchev–Trinajstić information content (AvgIpc) is 2.29. The molecule has 1 heteroatoms. The zero-order valence-corrected chi connectivity index (χ0v) is 11.1. The molecule has 0 amide bonds. The Hall–Kier alpha value is -0.820. The molecule has 0 heterocycles. The Kier molecular flexibility index (Phi) is 4.55. The van der Waals surface area contributed by atoms with Gasteiger partial charge in [0, 0.05) is 5.54 Å². The molecule has 1 rings (SSSR count). The van der Waals surface area contributed by atoms with Crippen LogP contribution in [0.3, 0.4) is 0 Å². The summed E-state index contributed by atoms with van der Waals surface area (Å²) < 4.78 is 0. The van der Waals surface area contributed by atoms with Gasteiger partial charge in [0.2, 0.25) is 0 Å². The van der Waals surface area contributed by atoms with E-state index in [4.69, 9.17) is 5.73 Å². The van der Waals surface area contributed by atoms with E-state index in [0.29, 0.717) is 5.92 Å². The van der Waals surface area contributed by atoms with Gasteiger partial charge >= 0.3 is 0 Å². The SMILES string of the molecule is CCCC(N)(c1ccc(C)cc1)C(C)CC. The number of hydrogen-bond acceptors (Lipinski definition) is 1. The van der Waals surface area contributed by atoms with Crippen LogP contribution in [-0.4, -0.2) is 0 Å². The van der Waals surface area contributed by atoms with Crippen molar-refractivity contribution in [3.05, 3.63) is 35.4 Å². The molecule has 2 unspecified atom stereocenters. The Balaban J connectivity index is 3.05. The second-order valence-corrected chi connectivity index (χ2v) is 4.97. The van der Waals surface area contributed by atoms with Gasteiger partial charge in [0.15, 0.2) is 0 Å². The number of aryl methyl sites for hydroxylation is 1. The van der Waals surface area contributed by atoms with Crippen LogP contribution in [-0.2, 0) is 5.54 Å². The highest BCUT2D eigenvalue weighted by atomic mass is 14.8. The highest BCUT2D eigenvalue weighted by molar-refractivity contribution is 5.28. The molecule has 16 heavy (non-hydrogen) atoms. The number of rotatable bonds is 5. The van der Waals surface area contributed by atoms with Crippen molar-refractivity contribution in [3.63, 3.8) is 0 Å². The molecule has 1 aromatic rings. The van der Waals surface area contributed by atoms with E-state index in [1.54, 1.807) is 0 Å². The van der Waals surface area contributed by atoms with Crippen molar-refractivity contribution in [2.24, 2.45) is 11.7 Å². The fourth-order valence-electron chi connectivity index (χ4n) is 2.32. The normalized spacial score (nSPS) is 16.8. The van der Waals surface area contributed by atoms with Crippen LogP contribution in [0.5, 0.6) is 0 Å². The molecule has 0 saturated heterocycles. The smallest absolute Gasteiger partial charge is 0.0435 e. The van der Waals surface area contributed by atoms with Gasteiger partial charge in [0.1, 0.15) is 0 Å². The van der Waals surface area contributed by atoms with E-state index in [1.807, 2.05) is 0 Å². The van der Waals surface area contributed by atoms with E-state index < -0.39 is 0 Å². The fraction of sp³-hybridized carbons (Fsp3) is 0.600. The Labute approximate surface area is 100 Å². The van der Waals surface area contributed by atoms with Crippen molar-refractivity contribution in [1.29, 1.82) is 0 Å². The van der Waals surface area contributed by atoms with Gasteiger partial charge < -0.3 is 5.73 Å². The summed E-state index contributed by atoms with van der Waals surface area (Å²) in [5.74, 6) is 0.523. The van der Waals surface area contributed by atoms with Gasteiger partial charge in [-0.3, -0.25) is 0 Å². The summed E-state index contributed by atoms with van der Waals surface area (Å²) in [6.45, 7) is 8.80. The molecule has 1 nitrogen and oxygen atoms in total. The molecule has 0 saturated carbocycles. The predicted molar refractivity (Wildman–Crippen MR) is 71.4 cm³/mol. The first kappa shape index (κ1) is 13.2. The summed E-state index contributed by atoms with van der Waals surface area (Å²) in [6.07, 6.45) is 3.32. The molecule has 90 valence electrons. The quantitative estimate of drug-likeness (QED) is 0.796. The van der Waals surface area contributed by atoms with E-state index in [9.17, 15) is 0 Å². The second-order valence-electron chi connectivity index (χ2n) is 4.97. The monoisotopic (exact) mass is 219 g/mol. The minimum Gasteiger partial charge on any atom is -0.321 e. The zero-order chi connectivity index (χ0) is 12.2. The summed E-state index contributed by atoms with van der Waals surface area (Å²) in [6, 6.07) is 8.71. The maximum atomic E-state index is 6.63. The lowest BCUT2D eigenvalue weighted by Crippen LogP contribution is -2.42. The molecule has 0 aliphatic rings. The number of hydrogen-bond donors (Lipinski definition) is 1. The number of benzene rings is 1. The van der Waals surface area contributed by atoms with E-state index in [1.165, 1.54) is 11.1 Å². The average molecular weight is 219 g/mol. The van der Waals surface area contributed by atoms with Crippen molar-refractivity contribution in [2.75, 3.05) is 0 Å². The molecule has 0 fully saturated rings. The molecule has 0 radical (unpaired) electrons. The molecule has 0 spiro atoms. The van der Waals surface area contributed by atoms with Gasteiger partial charge in [-0.1, -0.05) is 63.4 Å². The highest BCUT2D eigenvalue weighted by Crippen LogP contribution is 2.33. The van der Waals surface area contributed by atoms with Crippen molar-refractivity contribution in [2.45, 2.75) is 52.5 Å². The summed E-state index contributed by atoms with van der Waals surface area (Å²) in [4.78, 5) is 0. The topological polar surface area (TPSA) is 26.0 Å². The highest BCUT2D eigenvalue weighted by Gasteiger charge is 2.31. The lowest BCUT2D eigenvalue weighted by atomic mass is 9.75. The molecular weight excluding hydrogens is 194 g/mol. The predicted octanol–water partition coefficient (Wildman–Crippen LogP) is 4.00. The Morgan fingerprint density at radius 3 is 2.19 bits per heavy atom. The second kappa shape index (κ2) is 5.49. The number of nitrogens with two attached hydrogens (primary N) is 1. The standard InChI is InChI=1S/C15H25N/c1-5-11-15(16,13(4)6-2)14-9-7-12(3)8-10-14/h7-10,13H,5-6,11,16H2,1-4H3. The first-order valence-corrected chi connectivity index (χ1v) is 6.40. The molecule has 1 aromatic carbocycles. The molecule has 0 aliphatic carbocycles. The molecule has 0 aromatic heterocycles. The third-order valence-electron chi connectivity index (χ3n) is 3.74. The molecular formula is C15H25N.